The van der Waals surface area contributed by atoms with Crippen molar-refractivity contribution in [1.29, 1.82) is 0 Å². The average molecular weight is 284 g/mol. The summed E-state index contributed by atoms with van der Waals surface area (Å²) in [6, 6.07) is 9.25. The summed E-state index contributed by atoms with van der Waals surface area (Å²) in [6.45, 7) is 0. The third kappa shape index (κ3) is 2.79. The molecular weight excluding hydrogens is 268 g/mol. The Labute approximate surface area is 122 Å². The van der Waals surface area contributed by atoms with Crippen molar-refractivity contribution >= 4 is 17.2 Å². The topological polar surface area (TPSA) is 94.1 Å². The molecule has 0 amide bonds. The number of hydrogen-bond donors (Lipinski definition) is 2. The van der Waals surface area contributed by atoms with E-state index in [1.807, 2.05) is 18.2 Å². The summed E-state index contributed by atoms with van der Waals surface area (Å²) < 4.78 is 0. The number of nitrogens with zero attached hydrogens (tertiary/aromatic N) is 2. The molecule has 1 aliphatic carbocycles. The molecule has 3 N–H and O–H groups in total. The van der Waals surface area contributed by atoms with E-state index in [1.54, 1.807) is 6.07 Å². The summed E-state index contributed by atoms with van der Waals surface area (Å²) in [4.78, 5) is 14.3. The molecule has 1 heterocycles. The Morgan fingerprint density at radius 2 is 2.19 bits per heavy atom. The van der Waals surface area contributed by atoms with Crippen molar-refractivity contribution in [3.63, 3.8) is 0 Å². The number of aromatic nitrogens is 1. The third-order valence-electron chi connectivity index (χ3n) is 3.76. The van der Waals surface area contributed by atoms with Gasteiger partial charge in [0.2, 0.25) is 0 Å². The number of fused-ring (bicyclic) bond motifs is 1. The first-order chi connectivity index (χ1) is 10.1. The van der Waals surface area contributed by atoms with Crippen molar-refractivity contribution < 1.29 is 4.92 Å². The van der Waals surface area contributed by atoms with Crippen LogP contribution in [0.4, 0.5) is 17.2 Å². The minimum absolute atomic E-state index is 0.00244. The highest BCUT2D eigenvalue weighted by Gasteiger charge is 2.20. The quantitative estimate of drug-likeness (QED) is 0.513. The lowest BCUT2D eigenvalue weighted by Gasteiger charge is -2.27. The lowest BCUT2D eigenvalue weighted by molar-refractivity contribution is -0.385. The number of nitrogen functional groups attached to an aromatic ring is 1. The second kappa shape index (κ2) is 5.40. The Morgan fingerprint density at radius 3 is 2.90 bits per heavy atom. The van der Waals surface area contributed by atoms with E-state index in [4.69, 9.17) is 5.73 Å². The molecule has 0 aliphatic heterocycles. The molecule has 0 radical (unpaired) electrons. The highest BCUT2D eigenvalue weighted by molar-refractivity contribution is 5.50. The molecule has 2 aromatic rings. The van der Waals surface area contributed by atoms with Crippen molar-refractivity contribution in [2.45, 2.75) is 25.3 Å². The predicted molar refractivity (Wildman–Crippen MR) is 81.0 cm³/mol. The minimum Gasteiger partial charge on any atom is -0.399 e. The summed E-state index contributed by atoms with van der Waals surface area (Å²) in [5.74, 6) is 0.648. The lowest BCUT2D eigenvalue weighted by atomic mass is 9.87. The van der Waals surface area contributed by atoms with E-state index >= 15 is 0 Å². The van der Waals surface area contributed by atoms with Gasteiger partial charge >= 0.3 is 0 Å². The van der Waals surface area contributed by atoms with Crippen LogP contribution in [0.25, 0.3) is 0 Å². The van der Waals surface area contributed by atoms with Crippen molar-refractivity contribution in [2.75, 3.05) is 11.1 Å². The van der Waals surface area contributed by atoms with Crippen molar-refractivity contribution in [1.82, 2.24) is 4.98 Å². The van der Waals surface area contributed by atoms with Gasteiger partial charge in [0.15, 0.2) is 0 Å². The molecule has 1 atom stereocenters. The minimum atomic E-state index is -0.449. The Morgan fingerprint density at radius 1 is 1.33 bits per heavy atom. The number of hydrogen-bond acceptors (Lipinski definition) is 5. The molecular formula is C15H16N4O2. The maximum absolute atomic E-state index is 10.6. The summed E-state index contributed by atoms with van der Waals surface area (Å²) in [7, 11) is 0. The zero-order valence-electron chi connectivity index (χ0n) is 11.5. The van der Waals surface area contributed by atoms with Crippen LogP contribution < -0.4 is 11.1 Å². The lowest BCUT2D eigenvalue weighted by Crippen LogP contribution is -2.18. The van der Waals surface area contributed by atoms with Crippen LogP contribution >= 0.6 is 0 Å². The number of aryl methyl sites for hydroxylation is 1. The molecule has 1 aromatic heterocycles. The Balaban J connectivity index is 1.81. The van der Waals surface area contributed by atoms with Crippen LogP contribution in [-0.2, 0) is 6.42 Å². The molecule has 108 valence electrons. The third-order valence-corrected chi connectivity index (χ3v) is 3.76. The molecule has 0 saturated heterocycles. The van der Waals surface area contributed by atoms with Gasteiger partial charge in [0, 0.05) is 11.8 Å². The summed E-state index contributed by atoms with van der Waals surface area (Å²) in [5.41, 5.74) is 9.10. The van der Waals surface area contributed by atoms with Gasteiger partial charge in [-0.25, -0.2) is 4.98 Å². The van der Waals surface area contributed by atoms with Crippen LogP contribution in [0.15, 0.2) is 36.5 Å². The van der Waals surface area contributed by atoms with E-state index in [-0.39, 0.29) is 11.7 Å². The van der Waals surface area contributed by atoms with Gasteiger partial charge in [0.05, 0.1) is 11.0 Å². The van der Waals surface area contributed by atoms with E-state index in [0.717, 1.165) is 24.9 Å². The smallest absolute Gasteiger partial charge is 0.287 e. The Hall–Kier alpha value is -2.63. The Bertz CT molecular complexity index is 670. The number of anilines is 2. The fourth-order valence-corrected chi connectivity index (χ4v) is 2.74. The van der Waals surface area contributed by atoms with Gasteiger partial charge in [-0.1, -0.05) is 6.07 Å². The van der Waals surface area contributed by atoms with Gasteiger partial charge < -0.3 is 11.1 Å². The van der Waals surface area contributed by atoms with E-state index < -0.39 is 4.92 Å². The molecule has 0 saturated carbocycles. The highest BCUT2D eigenvalue weighted by atomic mass is 16.6. The first kappa shape index (κ1) is 13.4. The van der Waals surface area contributed by atoms with E-state index in [1.165, 1.54) is 23.4 Å². The zero-order valence-corrected chi connectivity index (χ0v) is 11.5. The van der Waals surface area contributed by atoms with E-state index in [9.17, 15) is 10.1 Å². The molecule has 1 unspecified atom stereocenters. The number of benzene rings is 1. The van der Waals surface area contributed by atoms with Crippen LogP contribution in [0.2, 0.25) is 0 Å². The number of nitrogens with one attached hydrogen (secondary N) is 1. The molecule has 6 heteroatoms. The van der Waals surface area contributed by atoms with E-state index in [2.05, 4.69) is 10.3 Å². The van der Waals surface area contributed by atoms with Crippen LogP contribution in [0, 0.1) is 10.1 Å². The second-order valence-electron chi connectivity index (χ2n) is 5.21. The van der Waals surface area contributed by atoms with Gasteiger partial charge in [-0.3, -0.25) is 10.1 Å². The van der Waals surface area contributed by atoms with Gasteiger partial charge in [-0.15, -0.1) is 0 Å². The molecule has 1 aliphatic rings. The normalized spacial score (nSPS) is 17.0. The summed E-state index contributed by atoms with van der Waals surface area (Å²) in [6.07, 6.45) is 4.40. The maximum atomic E-state index is 10.6. The Kier molecular flexibility index (Phi) is 3.43. The fraction of sp³-hybridized carbons (Fsp3) is 0.267. The number of nitro groups is 1. The molecule has 0 fully saturated rings. The van der Waals surface area contributed by atoms with Crippen molar-refractivity contribution in [2.24, 2.45) is 0 Å². The molecule has 21 heavy (non-hydrogen) atoms. The average Bonchev–Trinajstić information content (AvgIpc) is 2.47. The summed E-state index contributed by atoms with van der Waals surface area (Å²) in [5, 5.41) is 14.0. The van der Waals surface area contributed by atoms with Gasteiger partial charge in [0.1, 0.15) is 12.0 Å². The number of nitrogens with two attached hydrogens (primary N) is 1. The van der Waals surface area contributed by atoms with Crippen LogP contribution in [0.3, 0.4) is 0 Å². The fourth-order valence-electron chi connectivity index (χ4n) is 2.74. The monoisotopic (exact) mass is 284 g/mol. The molecule has 1 aromatic carbocycles. The largest absolute Gasteiger partial charge is 0.399 e. The molecule has 6 nitrogen and oxygen atoms in total. The number of pyridine rings is 1. The zero-order chi connectivity index (χ0) is 14.8. The van der Waals surface area contributed by atoms with Crippen LogP contribution in [0.1, 0.15) is 30.0 Å². The van der Waals surface area contributed by atoms with Crippen molar-refractivity contribution in [3.8, 4) is 0 Å². The standard InChI is InChI=1S/C15H16N4O2/c16-11-4-6-13-10(8-11)2-1-3-14(13)18-15-7-5-12(9-17-15)19(20)21/h4-9,14H,1-3,16H2,(H,17,18). The first-order valence-electron chi connectivity index (χ1n) is 6.89. The van der Waals surface area contributed by atoms with Crippen LogP contribution in [-0.4, -0.2) is 9.91 Å². The molecule has 3 rings (SSSR count). The van der Waals surface area contributed by atoms with E-state index in [0.29, 0.717) is 5.82 Å². The second-order valence-corrected chi connectivity index (χ2v) is 5.21. The summed E-state index contributed by atoms with van der Waals surface area (Å²) >= 11 is 0. The van der Waals surface area contributed by atoms with Gasteiger partial charge in [0.25, 0.3) is 5.69 Å². The molecule has 0 bridgehead atoms. The molecule has 0 spiro atoms. The highest BCUT2D eigenvalue weighted by Crippen LogP contribution is 2.33. The maximum Gasteiger partial charge on any atom is 0.287 e. The predicted octanol–water partition coefficient (Wildman–Crippen LogP) is 3.06. The van der Waals surface area contributed by atoms with Gasteiger partial charge in [-0.2, -0.15) is 0 Å². The van der Waals surface area contributed by atoms with Gasteiger partial charge in [-0.05, 0) is 48.6 Å². The first-order valence-corrected chi connectivity index (χ1v) is 6.89. The SMILES string of the molecule is Nc1ccc2c(c1)CCCC2Nc1ccc([N+](=O)[O-])cn1. The van der Waals surface area contributed by atoms with Crippen LogP contribution in [0.5, 0.6) is 0 Å². The van der Waals surface area contributed by atoms with Crippen molar-refractivity contribution in [3.05, 3.63) is 57.8 Å². The number of rotatable bonds is 3.